The second-order valence-corrected chi connectivity index (χ2v) is 6.87. The van der Waals surface area contributed by atoms with Crippen LogP contribution in [0.25, 0.3) is 0 Å². The summed E-state index contributed by atoms with van der Waals surface area (Å²) in [6.07, 6.45) is 0. The van der Waals surface area contributed by atoms with Gasteiger partial charge in [0.1, 0.15) is 24.8 Å². The molecule has 16 nitrogen and oxygen atoms in total. The second-order valence-electron chi connectivity index (χ2n) is 6.87. The van der Waals surface area contributed by atoms with Crippen LogP contribution in [-0.2, 0) is 19.2 Å². The Balaban J connectivity index is 0. The molecule has 0 bridgehead atoms. The number of carboxylic acids is 2. The first kappa shape index (κ1) is 34.8. The van der Waals surface area contributed by atoms with Crippen LogP contribution in [0.2, 0.25) is 0 Å². The maximum absolute atomic E-state index is 9.97. The van der Waals surface area contributed by atoms with Crippen LogP contribution in [0.15, 0.2) is 58.9 Å². The SMILES string of the molecule is CC(=O)NCC(=O)O.CC(=O)NCC(=O)O.N=C(N)c1ccc(N=NNc2ccc(C(=N)N)cc2)cc1.O. The Hall–Kier alpha value is -5.38. The summed E-state index contributed by atoms with van der Waals surface area (Å²) in [5.41, 5.74) is 16.2. The van der Waals surface area contributed by atoms with E-state index in [9.17, 15) is 19.2 Å². The van der Waals surface area contributed by atoms with Crippen molar-refractivity contribution in [3.63, 3.8) is 0 Å². The first-order chi connectivity index (χ1) is 17.3. The van der Waals surface area contributed by atoms with Crippen molar-refractivity contribution in [2.75, 3.05) is 18.5 Å². The molecule has 0 aliphatic rings. The van der Waals surface area contributed by atoms with Gasteiger partial charge in [-0.25, -0.2) is 0 Å². The Bertz CT molecular complexity index is 1060. The summed E-state index contributed by atoms with van der Waals surface area (Å²) >= 11 is 0. The first-order valence-electron chi connectivity index (χ1n) is 10.3. The molecule has 0 aliphatic heterocycles. The lowest BCUT2D eigenvalue weighted by atomic mass is 10.2. The predicted molar refractivity (Wildman–Crippen MR) is 139 cm³/mol. The van der Waals surface area contributed by atoms with Crippen molar-refractivity contribution < 1.29 is 34.9 Å². The molecule has 13 N–H and O–H groups in total. The van der Waals surface area contributed by atoms with Crippen LogP contribution < -0.4 is 27.5 Å². The maximum Gasteiger partial charge on any atom is 0.322 e. The van der Waals surface area contributed by atoms with Gasteiger partial charge in [-0.15, -0.1) is 5.11 Å². The highest BCUT2D eigenvalue weighted by molar-refractivity contribution is 5.95. The van der Waals surface area contributed by atoms with Gasteiger partial charge in [0.15, 0.2) is 0 Å². The third-order valence-corrected chi connectivity index (χ3v) is 3.70. The fourth-order valence-electron chi connectivity index (χ4n) is 1.97. The van der Waals surface area contributed by atoms with Crippen molar-refractivity contribution in [1.82, 2.24) is 10.6 Å². The van der Waals surface area contributed by atoms with Crippen molar-refractivity contribution in [2.45, 2.75) is 13.8 Å². The molecule has 2 aromatic rings. The van der Waals surface area contributed by atoms with Crippen LogP contribution in [0, 0.1) is 10.8 Å². The Kier molecular flexibility index (Phi) is 17.3. The van der Waals surface area contributed by atoms with Gasteiger partial charge in [-0.05, 0) is 48.5 Å². The number of hydrogen-bond donors (Lipinski definition) is 9. The number of amides is 2. The molecule has 0 heterocycles. The molecule has 0 saturated heterocycles. The number of nitrogen functional groups attached to an aromatic ring is 2. The van der Waals surface area contributed by atoms with Crippen molar-refractivity contribution in [3.05, 3.63) is 59.7 Å². The lowest BCUT2D eigenvalue weighted by molar-refractivity contribution is -0.138. The van der Waals surface area contributed by atoms with Crippen LogP contribution >= 0.6 is 0 Å². The maximum atomic E-state index is 9.97. The molecule has 2 rings (SSSR count). The molecular weight excluding hydrogens is 502 g/mol. The number of nitrogens with zero attached hydrogens (tertiary/aromatic N) is 2. The molecule has 0 unspecified atom stereocenters. The highest BCUT2D eigenvalue weighted by Gasteiger charge is 1.98. The molecule has 0 aromatic heterocycles. The van der Waals surface area contributed by atoms with Gasteiger partial charge >= 0.3 is 11.9 Å². The van der Waals surface area contributed by atoms with Gasteiger partial charge < -0.3 is 37.8 Å². The number of benzene rings is 2. The number of rotatable bonds is 9. The normalized spacial score (nSPS) is 9.21. The molecule has 0 aliphatic carbocycles. The monoisotopic (exact) mass is 533 g/mol. The van der Waals surface area contributed by atoms with E-state index in [1.807, 2.05) is 0 Å². The zero-order valence-corrected chi connectivity index (χ0v) is 20.6. The second kappa shape index (κ2) is 18.9. The van der Waals surface area contributed by atoms with E-state index in [1.54, 1.807) is 48.5 Å². The summed E-state index contributed by atoms with van der Waals surface area (Å²) in [7, 11) is 0. The van der Waals surface area contributed by atoms with Gasteiger partial charge in [0.05, 0.1) is 11.4 Å². The van der Waals surface area contributed by atoms with E-state index in [-0.39, 0.29) is 42.1 Å². The van der Waals surface area contributed by atoms with E-state index in [1.165, 1.54) is 13.8 Å². The van der Waals surface area contributed by atoms with Crippen LogP contribution in [0.3, 0.4) is 0 Å². The first-order valence-corrected chi connectivity index (χ1v) is 10.3. The molecule has 2 amide bonds. The molecule has 16 heteroatoms. The lowest BCUT2D eigenvalue weighted by Crippen LogP contribution is -2.26. The number of hydrogen-bond acceptors (Lipinski definition) is 8. The number of anilines is 1. The average Bonchev–Trinajstić information content (AvgIpc) is 2.83. The predicted octanol–water partition coefficient (Wildman–Crippen LogP) is -0.0450. The summed E-state index contributed by atoms with van der Waals surface area (Å²) < 4.78 is 0. The smallest absolute Gasteiger partial charge is 0.322 e. The minimum atomic E-state index is -1.03. The molecule has 0 saturated carbocycles. The van der Waals surface area contributed by atoms with E-state index in [0.29, 0.717) is 16.8 Å². The number of nitrogens with one attached hydrogen (secondary N) is 5. The van der Waals surface area contributed by atoms with Crippen LogP contribution in [0.5, 0.6) is 0 Å². The topological polar surface area (TPSA) is 301 Å². The van der Waals surface area contributed by atoms with Crippen LogP contribution in [0.1, 0.15) is 25.0 Å². The molecule has 0 radical (unpaired) electrons. The number of carbonyl (C=O) groups is 4. The lowest BCUT2D eigenvalue weighted by Gasteiger charge is -2.01. The highest BCUT2D eigenvalue weighted by Crippen LogP contribution is 2.14. The zero-order chi connectivity index (χ0) is 28.4. The van der Waals surface area contributed by atoms with Crippen molar-refractivity contribution in [1.29, 1.82) is 10.8 Å². The summed E-state index contributed by atoms with van der Waals surface area (Å²) in [6, 6.07) is 13.8. The number of aliphatic carboxylic acids is 2. The van der Waals surface area contributed by atoms with Gasteiger partial charge in [-0.3, -0.25) is 35.4 Å². The van der Waals surface area contributed by atoms with Gasteiger partial charge in [0.25, 0.3) is 0 Å². The third kappa shape index (κ3) is 18.0. The van der Waals surface area contributed by atoms with Crippen LogP contribution in [0.4, 0.5) is 11.4 Å². The summed E-state index contributed by atoms with van der Waals surface area (Å²) in [4.78, 5) is 39.3. The molecular formula is C22H31N9O7. The van der Waals surface area contributed by atoms with E-state index in [2.05, 4.69) is 26.4 Å². The van der Waals surface area contributed by atoms with Gasteiger partial charge in [0, 0.05) is 25.0 Å². The largest absolute Gasteiger partial charge is 0.480 e. The quantitative estimate of drug-likeness (QED) is 0.0901. The number of nitrogens with two attached hydrogens (primary N) is 2. The molecule has 38 heavy (non-hydrogen) atoms. The Labute approximate surface area is 217 Å². The minimum absolute atomic E-state index is 0. The summed E-state index contributed by atoms with van der Waals surface area (Å²) in [5.74, 6) is -2.67. The average molecular weight is 534 g/mol. The fourth-order valence-corrected chi connectivity index (χ4v) is 1.97. The third-order valence-electron chi connectivity index (χ3n) is 3.70. The molecule has 0 spiro atoms. The number of carboxylic acid groups (broad SMARTS) is 2. The number of carbonyl (C=O) groups excluding carboxylic acids is 2. The van der Waals surface area contributed by atoms with E-state index in [4.69, 9.17) is 32.5 Å². The van der Waals surface area contributed by atoms with Crippen molar-refractivity contribution in [3.8, 4) is 0 Å². The standard InChI is InChI=1S/C14H15N7.2C4H7NO3.H2O/c15-13(16)9-1-5-11(6-2-9)19-21-20-12-7-3-10(4-8-12)14(17)18;2*1-3(6)5-2-4(7)8;/h1-8H,(H3,15,16)(H3,17,18)(H,19,20);2*2H2,1H3,(H,5,6)(H,7,8);1H2. The molecule has 206 valence electrons. The highest BCUT2D eigenvalue weighted by atomic mass is 16.4. The van der Waals surface area contributed by atoms with E-state index in [0.717, 1.165) is 5.69 Å². The molecule has 2 aromatic carbocycles. The van der Waals surface area contributed by atoms with E-state index < -0.39 is 11.9 Å². The van der Waals surface area contributed by atoms with Crippen molar-refractivity contribution >= 4 is 46.8 Å². The van der Waals surface area contributed by atoms with Crippen LogP contribution in [-0.4, -0.2) is 64.2 Å². The minimum Gasteiger partial charge on any atom is -0.480 e. The Morgan fingerprint density at radius 3 is 1.42 bits per heavy atom. The Morgan fingerprint density at radius 2 is 1.13 bits per heavy atom. The van der Waals surface area contributed by atoms with Gasteiger partial charge in [0.2, 0.25) is 11.8 Å². The van der Waals surface area contributed by atoms with Gasteiger partial charge in [-0.1, -0.05) is 5.22 Å². The van der Waals surface area contributed by atoms with E-state index >= 15 is 0 Å². The Morgan fingerprint density at radius 1 is 0.763 bits per heavy atom. The molecule has 0 fully saturated rings. The van der Waals surface area contributed by atoms with Gasteiger partial charge in [-0.2, -0.15) is 0 Å². The fraction of sp³-hybridized carbons (Fsp3) is 0.182. The summed E-state index contributed by atoms with van der Waals surface area (Å²) in [5, 5.41) is 42.6. The zero-order valence-electron chi connectivity index (χ0n) is 20.6. The molecule has 0 atom stereocenters. The van der Waals surface area contributed by atoms with Crippen molar-refractivity contribution in [2.24, 2.45) is 21.8 Å². The summed E-state index contributed by atoms with van der Waals surface area (Å²) in [6.45, 7) is 1.94. The number of amidine groups is 2.